The molecule has 0 saturated heterocycles. The standard InChI is InChI=1S/C21H23N3O4.ClH/c1-13(25)23-18(10-14-12-22-17-7-5-4-6-16(14)17)21(26)24-15-8-9-19(27-2)20(11-15)28-3;/h4-9,11-12,18,22H,10H2,1-3H3,(H,23,25)(H,24,26);1H. The topological polar surface area (TPSA) is 92.5 Å². The van der Waals surface area contributed by atoms with E-state index in [9.17, 15) is 9.59 Å². The summed E-state index contributed by atoms with van der Waals surface area (Å²) in [5.41, 5.74) is 2.49. The number of nitrogens with one attached hydrogen (secondary N) is 3. The minimum Gasteiger partial charge on any atom is -0.493 e. The van der Waals surface area contributed by atoms with Gasteiger partial charge >= 0.3 is 0 Å². The van der Waals surface area contributed by atoms with Crippen LogP contribution in [0.4, 0.5) is 5.69 Å². The van der Waals surface area contributed by atoms with Crippen LogP contribution in [0, 0.1) is 0 Å². The quantitative estimate of drug-likeness (QED) is 0.550. The van der Waals surface area contributed by atoms with Crippen molar-refractivity contribution >= 4 is 40.8 Å². The molecule has 1 aromatic heterocycles. The molecule has 3 N–H and O–H groups in total. The number of para-hydroxylation sites is 1. The highest BCUT2D eigenvalue weighted by molar-refractivity contribution is 5.98. The maximum atomic E-state index is 12.9. The van der Waals surface area contributed by atoms with Crippen LogP contribution in [0.3, 0.4) is 0 Å². The number of amides is 2. The Balaban J connectivity index is 0.00000300. The highest BCUT2D eigenvalue weighted by Crippen LogP contribution is 2.30. The smallest absolute Gasteiger partial charge is 0.247 e. The summed E-state index contributed by atoms with van der Waals surface area (Å²) < 4.78 is 10.5. The number of hydrogen-bond acceptors (Lipinski definition) is 4. The number of H-pyrrole nitrogens is 1. The zero-order chi connectivity index (χ0) is 20.1. The van der Waals surface area contributed by atoms with Crippen molar-refractivity contribution in [3.63, 3.8) is 0 Å². The van der Waals surface area contributed by atoms with E-state index >= 15 is 0 Å². The van der Waals surface area contributed by atoms with Crippen LogP contribution in [0.15, 0.2) is 48.7 Å². The number of halogens is 1. The van der Waals surface area contributed by atoms with Crippen molar-refractivity contribution in [2.75, 3.05) is 19.5 Å². The first kappa shape index (κ1) is 22.1. The average molecular weight is 418 g/mol. The second kappa shape index (κ2) is 9.84. The van der Waals surface area contributed by atoms with Crippen LogP contribution in [0.2, 0.25) is 0 Å². The Morgan fingerprint density at radius 3 is 2.48 bits per heavy atom. The Hall–Kier alpha value is -3.19. The molecule has 1 unspecified atom stereocenters. The van der Waals surface area contributed by atoms with Crippen LogP contribution >= 0.6 is 12.4 Å². The molecule has 0 bridgehead atoms. The van der Waals surface area contributed by atoms with Gasteiger partial charge in [0.1, 0.15) is 6.04 Å². The van der Waals surface area contributed by atoms with Gasteiger partial charge in [0.2, 0.25) is 11.8 Å². The molecule has 2 amide bonds. The number of hydrogen-bond donors (Lipinski definition) is 3. The lowest BCUT2D eigenvalue weighted by molar-refractivity contribution is -0.125. The van der Waals surface area contributed by atoms with Gasteiger partial charge in [-0.15, -0.1) is 12.4 Å². The van der Waals surface area contributed by atoms with Gasteiger partial charge in [0.15, 0.2) is 11.5 Å². The second-order valence-corrected chi connectivity index (χ2v) is 6.38. The second-order valence-electron chi connectivity index (χ2n) is 6.38. The summed E-state index contributed by atoms with van der Waals surface area (Å²) in [5, 5.41) is 6.59. The highest BCUT2D eigenvalue weighted by atomic mass is 35.5. The van der Waals surface area contributed by atoms with Crippen LogP contribution in [-0.2, 0) is 16.0 Å². The van der Waals surface area contributed by atoms with Gasteiger partial charge in [-0.25, -0.2) is 0 Å². The third-order valence-corrected chi connectivity index (χ3v) is 4.44. The van der Waals surface area contributed by atoms with Gasteiger partial charge in [0.05, 0.1) is 14.2 Å². The van der Waals surface area contributed by atoms with Crippen molar-refractivity contribution in [2.45, 2.75) is 19.4 Å². The van der Waals surface area contributed by atoms with E-state index in [1.807, 2.05) is 30.5 Å². The molecule has 29 heavy (non-hydrogen) atoms. The van der Waals surface area contributed by atoms with E-state index in [2.05, 4.69) is 15.6 Å². The van der Waals surface area contributed by atoms with Gasteiger partial charge in [-0.3, -0.25) is 9.59 Å². The zero-order valence-corrected chi connectivity index (χ0v) is 17.3. The molecule has 0 radical (unpaired) electrons. The summed E-state index contributed by atoms with van der Waals surface area (Å²) in [7, 11) is 3.07. The van der Waals surface area contributed by atoms with Gasteiger partial charge in [-0.05, 0) is 23.8 Å². The predicted molar refractivity (Wildman–Crippen MR) is 115 cm³/mol. The number of aromatic amines is 1. The fourth-order valence-corrected chi connectivity index (χ4v) is 3.12. The lowest BCUT2D eigenvalue weighted by Gasteiger charge is -2.18. The number of aromatic nitrogens is 1. The summed E-state index contributed by atoms with van der Waals surface area (Å²) in [6, 6.07) is 12.2. The lowest BCUT2D eigenvalue weighted by atomic mass is 10.0. The molecule has 0 aliphatic rings. The molecule has 7 nitrogen and oxygen atoms in total. The van der Waals surface area contributed by atoms with Crippen molar-refractivity contribution in [3.8, 4) is 11.5 Å². The molecule has 8 heteroatoms. The molecule has 3 rings (SSSR count). The van der Waals surface area contributed by atoms with Crippen LogP contribution in [-0.4, -0.2) is 37.1 Å². The fourth-order valence-electron chi connectivity index (χ4n) is 3.12. The van der Waals surface area contributed by atoms with E-state index in [4.69, 9.17) is 9.47 Å². The molecule has 2 aromatic carbocycles. The lowest BCUT2D eigenvalue weighted by Crippen LogP contribution is -2.44. The normalized spacial score (nSPS) is 11.3. The Bertz CT molecular complexity index is 1000. The van der Waals surface area contributed by atoms with Crippen LogP contribution in [0.1, 0.15) is 12.5 Å². The number of ether oxygens (including phenoxy) is 2. The predicted octanol–water partition coefficient (Wildman–Crippen LogP) is 3.29. The molecule has 3 aromatic rings. The van der Waals surface area contributed by atoms with Crippen LogP contribution < -0.4 is 20.1 Å². The number of carbonyl (C=O) groups excluding carboxylic acids is 2. The summed E-state index contributed by atoms with van der Waals surface area (Å²) in [6.45, 7) is 1.39. The van der Waals surface area contributed by atoms with Gasteiger partial charge in [-0.1, -0.05) is 18.2 Å². The minimum absolute atomic E-state index is 0. The number of rotatable bonds is 7. The van der Waals surface area contributed by atoms with Crippen molar-refractivity contribution in [3.05, 3.63) is 54.2 Å². The number of fused-ring (bicyclic) bond motifs is 1. The molecule has 0 aliphatic carbocycles. The number of benzene rings is 2. The van der Waals surface area contributed by atoms with Gasteiger partial charge in [0, 0.05) is 42.2 Å². The molecule has 1 atom stereocenters. The third kappa shape index (κ3) is 5.20. The van der Waals surface area contributed by atoms with E-state index in [-0.39, 0.29) is 24.2 Å². The monoisotopic (exact) mass is 417 g/mol. The maximum Gasteiger partial charge on any atom is 0.247 e. The minimum atomic E-state index is -0.718. The third-order valence-electron chi connectivity index (χ3n) is 4.44. The first-order valence-electron chi connectivity index (χ1n) is 8.86. The fraction of sp³-hybridized carbons (Fsp3) is 0.238. The number of anilines is 1. The molecule has 1 heterocycles. The van der Waals surface area contributed by atoms with Crippen LogP contribution in [0.5, 0.6) is 11.5 Å². The van der Waals surface area contributed by atoms with E-state index in [0.717, 1.165) is 16.5 Å². The number of carbonyl (C=O) groups is 2. The van der Waals surface area contributed by atoms with Crippen molar-refractivity contribution in [1.82, 2.24) is 10.3 Å². The van der Waals surface area contributed by atoms with E-state index in [1.54, 1.807) is 25.3 Å². The van der Waals surface area contributed by atoms with Crippen LogP contribution in [0.25, 0.3) is 10.9 Å². The molecular weight excluding hydrogens is 394 g/mol. The molecule has 154 valence electrons. The number of methoxy groups -OCH3 is 2. The molecule has 0 aliphatic heterocycles. The zero-order valence-electron chi connectivity index (χ0n) is 16.4. The van der Waals surface area contributed by atoms with Gasteiger partial charge in [-0.2, -0.15) is 0 Å². The highest BCUT2D eigenvalue weighted by Gasteiger charge is 2.22. The van der Waals surface area contributed by atoms with Crippen molar-refractivity contribution in [1.29, 1.82) is 0 Å². The Labute approximate surface area is 175 Å². The summed E-state index contributed by atoms with van der Waals surface area (Å²) >= 11 is 0. The molecule has 0 saturated carbocycles. The first-order chi connectivity index (χ1) is 13.5. The largest absolute Gasteiger partial charge is 0.493 e. The Kier molecular flexibility index (Phi) is 7.50. The van der Waals surface area contributed by atoms with Crippen molar-refractivity contribution in [2.24, 2.45) is 0 Å². The first-order valence-corrected chi connectivity index (χ1v) is 8.86. The summed E-state index contributed by atoms with van der Waals surface area (Å²) in [5.74, 6) is 0.491. The van der Waals surface area contributed by atoms with E-state index in [0.29, 0.717) is 23.6 Å². The average Bonchev–Trinajstić information content (AvgIpc) is 3.10. The SMILES string of the molecule is COc1ccc(NC(=O)C(Cc2c[nH]c3ccccc23)NC(C)=O)cc1OC.Cl. The molecule has 0 fully saturated rings. The van der Waals surface area contributed by atoms with E-state index < -0.39 is 6.04 Å². The Morgan fingerprint density at radius 1 is 1.07 bits per heavy atom. The maximum absolute atomic E-state index is 12.9. The van der Waals surface area contributed by atoms with Gasteiger partial charge < -0.3 is 25.1 Å². The summed E-state index contributed by atoms with van der Waals surface area (Å²) in [4.78, 5) is 27.7. The molecular formula is C21H24ClN3O4. The van der Waals surface area contributed by atoms with Crippen molar-refractivity contribution < 1.29 is 19.1 Å². The summed E-state index contributed by atoms with van der Waals surface area (Å²) in [6.07, 6.45) is 2.23. The molecule has 0 spiro atoms. The van der Waals surface area contributed by atoms with Gasteiger partial charge in [0.25, 0.3) is 0 Å². The Morgan fingerprint density at radius 2 is 1.79 bits per heavy atom. The van der Waals surface area contributed by atoms with E-state index in [1.165, 1.54) is 14.0 Å².